The van der Waals surface area contributed by atoms with E-state index in [4.69, 9.17) is 14.2 Å². The Kier molecular flexibility index (Phi) is 6.11. The predicted octanol–water partition coefficient (Wildman–Crippen LogP) is 3.64. The summed E-state index contributed by atoms with van der Waals surface area (Å²) in [4.78, 5) is 22.5. The fourth-order valence-electron chi connectivity index (χ4n) is 3.72. The maximum atomic E-state index is 14.7. The molecular formula is C22H26FN5O4. The molecule has 0 aliphatic carbocycles. The molecule has 4 rings (SSSR count). The first-order valence-corrected chi connectivity index (χ1v) is 10.5. The highest BCUT2D eigenvalue weighted by molar-refractivity contribution is 5.80. The smallest absolute Gasteiger partial charge is 0.410 e. The summed E-state index contributed by atoms with van der Waals surface area (Å²) < 4.78 is 32.6. The van der Waals surface area contributed by atoms with Gasteiger partial charge in [-0.15, -0.1) is 0 Å². The number of likely N-dealkylation sites (tertiary alicyclic amines) is 1. The summed E-state index contributed by atoms with van der Waals surface area (Å²) >= 11 is 0. The van der Waals surface area contributed by atoms with E-state index >= 15 is 0 Å². The molecule has 0 unspecified atom stereocenters. The Labute approximate surface area is 185 Å². The van der Waals surface area contributed by atoms with Gasteiger partial charge in [0.1, 0.15) is 11.9 Å². The number of fused-ring (bicyclic) bond motifs is 1. The third-order valence-corrected chi connectivity index (χ3v) is 5.27. The fraction of sp³-hybridized carbons (Fsp3) is 0.455. The summed E-state index contributed by atoms with van der Waals surface area (Å²) in [5.74, 6) is 0.147. The Hall–Kier alpha value is -3.43. The number of amides is 1. The van der Waals surface area contributed by atoms with Gasteiger partial charge < -0.3 is 19.1 Å². The monoisotopic (exact) mass is 443 g/mol. The van der Waals surface area contributed by atoms with E-state index in [2.05, 4.69) is 15.1 Å². The Morgan fingerprint density at radius 1 is 1.25 bits per heavy atom. The van der Waals surface area contributed by atoms with Crippen LogP contribution in [0.5, 0.6) is 11.8 Å². The lowest BCUT2D eigenvalue weighted by atomic mass is 10.1. The number of aromatic nitrogens is 4. The number of carbonyl (C=O) groups is 1. The number of rotatable bonds is 5. The minimum Gasteiger partial charge on any atom is -0.481 e. The van der Waals surface area contributed by atoms with Crippen LogP contribution in [0.2, 0.25) is 0 Å². The first-order chi connectivity index (χ1) is 15.4. The van der Waals surface area contributed by atoms with Gasteiger partial charge in [-0.2, -0.15) is 10.1 Å². The summed E-state index contributed by atoms with van der Waals surface area (Å²) in [6.07, 6.45) is 3.96. The molecule has 0 aromatic carbocycles. The van der Waals surface area contributed by atoms with Crippen molar-refractivity contribution in [2.75, 3.05) is 20.2 Å². The number of methoxy groups -OCH3 is 1. The minimum absolute atomic E-state index is 0.0834. The van der Waals surface area contributed by atoms with Crippen LogP contribution in [0.3, 0.4) is 0 Å². The van der Waals surface area contributed by atoms with Gasteiger partial charge in [0.05, 0.1) is 24.5 Å². The average molecular weight is 443 g/mol. The fourth-order valence-corrected chi connectivity index (χ4v) is 3.72. The number of piperidine rings is 1. The molecule has 0 bridgehead atoms. The van der Waals surface area contributed by atoms with Crippen molar-refractivity contribution < 1.29 is 23.4 Å². The van der Waals surface area contributed by atoms with E-state index in [1.165, 1.54) is 19.4 Å². The first-order valence-electron chi connectivity index (χ1n) is 10.5. The summed E-state index contributed by atoms with van der Waals surface area (Å²) in [5.41, 5.74) is 1.94. The molecule has 0 N–H and O–H groups in total. The van der Waals surface area contributed by atoms with Crippen LogP contribution >= 0.6 is 0 Å². The zero-order chi connectivity index (χ0) is 22.8. The van der Waals surface area contributed by atoms with Gasteiger partial charge in [0.2, 0.25) is 11.8 Å². The molecule has 9 nitrogen and oxygen atoms in total. The van der Waals surface area contributed by atoms with Crippen LogP contribution in [0.15, 0.2) is 24.5 Å². The number of carbonyl (C=O) groups excluding carboxylic acids is 1. The van der Waals surface area contributed by atoms with Gasteiger partial charge in [-0.1, -0.05) is 0 Å². The highest BCUT2D eigenvalue weighted by atomic mass is 19.1. The number of nitrogens with zero attached hydrogens (tertiary/aromatic N) is 5. The van der Waals surface area contributed by atoms with Gasteiger partial charge in [0.15, 0.2) is 5.65 Å². The van der Waals surface area contributed by atoms with Crippen LogP contribution < -0.4 is 9.47 Å². The van der Waals surface area contributed by atoms with Gasteiger partial charge in [-0.05, 0) is 20.8 Å². The van der Waals surface area contributed by atoms with E-state index in [0.717, 1.165) is 0 Å². The number of pyridine rings is 1. The molecule has 3 aromatic rings. The van der Waals surface area contributed by atoms with E-state index in [9.17, 15) is 9.18 Å². The molecule has 0 saturated carbocycles. The lowest BCUT2D eigenvalue weighted by molar-refractivity contribution is 0.0508. The van der Waals surface area contributed by atoms with E-state index in [-0.39, 0.29) is 24.2 Å². The highest BCUT2D eigenvalue weighted by Crippen LogP contribution is 2.31. The van der Waals surface area contributed by atoms with Crippen molar-refractivity contribution in [2.24, 2.45) is 0 Å². The molecule has 0 radical (unpaired) electrons. The van der Waals surface area contributed by atoms with Gasteiger partial charge in [0.25, 0.3) is 0 Å². The van der Waals surface area contributed by atoms with Crippen molar-refractivity contribution in [2.45, 2.75) is 45.8 Å². The molecular weight excluding hydrogens is 417 g/mol. The molecule has 3 aromatic heterocycles. The second-order valence-electron chi connectivity index (χ2n) is 7.94. The van der Waals surface area contributed by atoms with E-state index < -0.39 is 5.82 Å². The third-order valence-electron chi connectivity index (χ3n) is 5.27. The highest BCUT2D eigenvalue weighted by Gasteiger charge is 2.26. The van der Waals surface area contributed by atoms with Crippen molar-refractivity contribution in [3.05, 3.63) is 36.0 Å². The van der Waals surface area contributed by atoms with Crippen molar-refractivity contribution in [1.29, 1.82) is 0 Å². The largest absolute Gasteiger partial charge is 0.481 e. The summed E-state index contributed by atoms with van der Waals surface area (Å²) in [6.45, 7) is 6.56. The van der Waals surface area contributed by atoms with Crippen LogP contribution in [-0.2, 0) is 4.74 Å². The maximum absolute atomic E-state index is 14.7. The lowest BCUT2D eigenvalue weighted by Gasteiger charge is -2.31. The molecule has 10 heteroatoms. The third kappa shape index (κ3) is 4.44. The maximum Gasteiger partial charge on any atom is 0.410 e. The molecule has 4 heterocycles. The first kappa shape index (κ1) is 21.8. The standard InChI is InChI=1S/C22H26FN5O4/c1-13(2)31-22(29)27-8-5-15(6-9-27)32-18-7-10-28-21(25-18)20(14(3)26-28)16-12-24-19(30-4)11-17(16)23/h7,10-13,15H,5-6,8-9H2,1-4H3. The molecule has 1 amide bonds. The van der Waals surface area contributed by atoms with Crippen LogP contribution in [0, 0.1) is 12.7 Å². The number of hydrogen-bond acceptors (Lipinski definition) is 7. The zero-order valence-corrected chi connectivity index (χ0v) is 18.5. The summed E-state index contributed by atoms with van der Waals surface area (Å²) in [7, 11) is 1.44. The van der Waals surface area contributed by atoms with E-state index in [1.54, 1.807) is 28.6 Å². The summed E-state index contributed by atoms with van der Waals surface area (Å²) in [6, 6.07) is 2.96. The Bertz CT molecular complexity index is 1120. The second kappa shape index (κ2) is 8.97. The number of aryl methyl sites for hydroxylation is 1. The SMILES string of the molecule is COc1cc(F)c(-c2c(C)nn3ccc(OC4CCN(C(=O)OC(C)C)CC4)nc23)cn1. The Morgan fingerprint density at radius 3 is 2.66 bits per heavy atom. The number of ether oxygens (including phenoxy) is 3. The van der Waals surface area contributed by atoms with Gasteiger partial charge >= 0.3 is 6.09 Å². The minimum atomic E-state index is -0.469. The van der Waals surface area contributed by atoms with Crippen molar-refractivity contribution in [3.8, 4) is 22.9 Å². The topological polar surface area (TPSA) is 91.1 Å². The van der Waals surface area contributed by atoms with Crippen LogP contribution in [0.4, 0.5) is 9.18 Å². The second-order valence-corrected chi connectivity index (χ2v) is 7.94. The number of hydrogen-bond donors (Lipinski definition) is 0. The zero-order valence-electron chi connectivity index (χ0n) is 18.5. The van der Waals surface area contributed by atoms with Crippen LogP contribution in [-0.4, -0.2) is 63.0 Å². The van der Waals surface area contributed by atoms with Gasteiger partial charge in [-0.3, -0.25) is 0 Å². The van der Waals surface area contributed by atoms with Crippen molar-refractivity contribution in [3.63, 3.8) is 0 Å². The molecule has 1 saturated heterocycles. The lowest BCUT2D eigenvalue weighted by Crippen LogP contribution is -2.42. The van der Waals surface area contributed by atoms with Crippen molar-refractivity contribution in [1.82, 2.24) is 24.5 Å². The predicted molar refractivity (Wildman–Crippen MR) is 114 cm³/mol. The van der Waals surface area contributed by atoms with Gasteiger partial charge in [-0.25, -0.2) is 18.7 Å². The average Bonchev–Trinajstić information content (AvgIpc) is 3.08. The van der Waals surface area contributed by atoms with E-state index in [0.29, 0.717) is 54.3 Å². The van der Waals surface area contributed by atoms with Crippen molar-refractivity contribution >= 4 is 11.7 Å². The quantitative estimate of drug-likeness (QED) is 0.595. The number of halogens is 1. The molecule has 0 atom stereocenters. The molecule has 0 spiro atoms. The molecule has 1 aliphatic heterocycles. The van der Waals surface area contributed by atoms with Crippen LogP contribution in [0.25, 0.3) is 16.8 Å². The van der Waals surface area contributed by atoms with Crippen LogP contribution in [0.1, 0.15) is 32.4 Å². The molecule has 1 aliphatic rings. The molecule has 170 valence electrons. The summed E-state index contributed by atoms with van der Waals surface area (Å²) in [5, 5.41) is 4.43. The normalized spacial score (nSPS) is 14.8. The van der Waals surface area contributed by atoms with Gasteiger partial charge in [0, 0.05) is 56.0 Å². The Morgan fingerprint density at radius 2 is 2.00 bits per heavy atom. The molecule has 1 fully saturated rings. The van der Waals surface area contributed by atoms with E-state index in [1.807, 2.05) is 13.8 Å². The molecule has 32 heavy (non-hydrogen) atoms. The Balaban J connectivity index is 1.52.